The summed E-state index contributed by atoms with van der Waals surface area (Å²) in [7, 11) is -3.37. The third-order valence-electron chi connectivity index (χ3n) is 4.36. The predicted octanol–water partition coefficient (Wildman–Crippen LogP) is 3.10. The van der Waals surface area contributed by atoms with Crippen molar-refractivity contribution >= 4 is 21.4 Å². The Labute approximate surface area is 139 Å². The molecule has 0 spiro atoms. The lowest BCUT2D eigenvalue weighted by Crippen LogP contribution is -2.48. The normalized spacial score (nSPS) is 18.7. The van der Waals surface area contributed by atoms with E-state index >= 15 is 0 Å². The van der Waals surface area contributed by atoms with Gasteiger partial charge in [0.2, 0.25) is 10.0 Å². The van der Waals surface area contributed by atoms with Gasteiger partial charge in [-0.15, -0.1) is 11.3 Å². The van der Waals surface area contributed by atoms with Crippen molar-refractivity contribution in [1.29, 1.82) is 0 Å². The Morgan fingerprint density at radius 1 is 1.23 bits per heavy atom. The molecule has 0 aromatic carbocycles. The molecule has 0 aliphatic carbocycles. The molecular weight excluding hydrogens is 316 g/mol. The lowest BCUT2D eigenvalue weighted by atomic mass is 9.99. The van der Waals surface area contributed by atoms with Crippen LogP contribution in [0.2, 0.25) is 0 Å². The molecule has 4 nitrogen and oxygen atoms in total. The smallest absolute Gasteiger partial charge is 0.250 e. The van der Waals surface area contributed by atoms with Crippen LogP contribution in [0.15, 0.2) is 16.3 Å². The molecule has 0 saturated carbocycles. The van der Waals surface area contributed by atoms with E-state index in [1.807, 2.05) is 13.0 Å². The van der Waals surface area contributed by atoms with Crippen molar-refractivity contribution in [1.82, 2.24) is 9.62 Å². The number of piperidine rings is 1. The second-order valence-electron chi connectivity index (χ2n) is 6.33. The number of hydrogen-bond donors (Lipinski definition) is 1. The minimum atomic E-state index is -3.37. The minimum absolute atomic E-state index is 0.278. The highest BCUT2D eigenvalue weighted by Gasteiger charge is 2.26. The van der Waals surface area contributed by atoms with E-state index in [1.165, 1.54) is 30.6 Å². The molecule has 1 atom stereocenters. The highest BCUT2D eigenvalue weighted by molar-refractivity contribution is 7.91. The summed E-state index contributed by atoms with van der Waals surface area (Å²) in [5.74, 6) is 0.440. The number of sulfonamides is 1. The molecule has 1 aromatic heterocycles. The SMILES string of the molecule is CCc1ccc(S(=O)(=O)NCC(C(C)C)N2CCCCC2)s1. The molecular formula is C16H28N2O2S2. The first-order chi connectivity index (χ1) is 10.4. The Balaban J connectivity index is 2.01. The molecule has 1 aliphatic rings. The first-order valence-electron chi connectivity index (χ1n) is 8.26. The standard InChI is InChI=1S/C16H28N2O2S2/c1-4-14-8-9-16(21-14)22(19,20)17-12-15(13(2)3)18-10-6-5-7-11-18/h8-9,13,15,17H,4-7,10-12H2,1-3H3. The van der Waals surface area contributed by atoms with Gasteiger partial charge in [0.05, 0.1) is 0 Å². The maximum Gasteiger partial charge on any atom is 0.250 e. The highest BCUT2D eigenvalue weighted by Crippen LogP contribution is 2.22. The fourth-order valence-electron chi connectivity index (χ4n) is 3.00. The van der Waals surface area contributed by atoms with E-state index in [1.54, 1.807) is 6.07 Å². The summed E-state index contributed by atoms with van der Waals surface area (Å²) in [5.41, 5.74) is 0. The van der Waals surface area contributed by atoms with Crippen LogP contribution in [0.5, 0.6) is 0 Å². The first-order valence-corrected chi connectivity index (χ1v) is 10.6. The summed E-state index contributed by atoms with van der Waals surface area (Å²) >= 11 is 1.37. The number of nitrogens with zero attached hydrogens (tertiary/aromatic N) is 1. The maximum absolute atomic E-state index is 12.5. The van der Waals surface area contributed by atoms with Crippen molar-refractivity contribution in [3.05, 3.63) is 17.0 Å². The number of thiophene rings is 1. The van der Waals surface area contributed by atoms with Crippen molar-refractivity contribution < 1.29 is 8.42 Å². The van der Waals surface area contributed by atoms with Gasteiger partial charge in [-0.25, -0.2) is 13.1 Å². The molecule has 2 rings (SSSR count). The van der Waals surface area contributed by atoms with Crippen LogP contribution in [-0.2, 0) is 16.4 Å². The second-order valence-corrected chi connectivity index (χ2v) is 9.50. The van der Waals surface area contributed by atoms with Crippen molar-refractivity contribution in [2.24, 2.45) is 5.92 Å². The number of aryl methyl sites for hydroxylation is 1. The lowest BCUT2D eigenvalue weighted by molar-refractivity contribution is 0.130. The van der Waals surface area contributed by atoms with Crippen LogP contribution in [0.25, 0.3) is 0 Å². The molecule has 126 valence electrons. The molecule has 1 unspecified atom stereocenters. The molecule has 0 radical (unpaired) electrons. The molecule has 1 N–H and O–H groups in total. The monoisotopic (exact) mass is 344 g/mol. The topological polar surface area (TPSA) is 49.4 Å². The average Bonchev–Trinajstić information content (AvgIpc) is 2.98. The molecule has 0 amide bonds. The summed E-state index contributed by atoms with van der Waals surface area (Å²) < 4.78 is 28.2. The van der Waals surface area contributed by atoms with Crippen LogP contribution < -0.4 is 4.72 Å². The highest BCUT2D eigenvalue weighted by atomic mass is 32.2. The van der Waals surface area contributed by atoms with Crippen molar-refractivity contribution in [2.75, 3.05) is 19.6 Å². The molecule has 0 bridgehead atoms. The number of nitrogens with one attached hydrogen (secondary N) is 1. The predicted molar refractivity (Wildman–Crippen MR) is 92.9 cm³/mol. The fourth-order valence-corrected chi connectivity index (χ4v) is 5.39. The second kappa shape index (κ2) is 7.90. The molecule has 1 aliphatic heterocycles. The molecule has 2 heterocycles. The van der Waals surface area contributed by atoms with Gasteiger partial charge in [-0.1, -0.05) is 27.2 Å². The summed E-state index contributed by atoms with van der Waals surface area (Å²) in [5, 5.41) is 0. The van der Waals surface area contributed by atoms with E-state index < -0.39 is 10.0 Å². The van der Waals surface area contributed by atoms with E-state index in [0.717, 1.165) is 24.4 Å². The van der Waals surface area contributed by atoms with E-state index in [4.69, 9.17) is 0 Å². The Hall–Kier alpha value is -0.430. The maximum atomic E-state index is 12.5. The zero-order valence-electron chi connectivity index (χ0n) is 13.8. The zero-order valence-corrected chi connectivity index (χ0v) is 15.5. The Kier molecular flexibility index (Phi) is 6.44. The van der Waals surface area contributed by atoms with Crippen molar-refractivity contribution in [3.63, 3.8) is 0 Å². The van der Waals surface area contributed by atoms with Crippen molar-refractivity contribution in [2.45, 2.75) is 56.7 Å². The molecule has 1 fully saturated rings. The number of hydrogen-bond acceptors (Lipinski definition) is 4. The van der Waals surface area contributed by atoms with Crippen molar-refractivity contribution in [3.8, 4) is 0 Å². The van der Waals surface area contributed by atoms with Gasteiger partial charge in [-0.05, 0) is 50.4 Å². The summed E-state index contributed by atoms with van der Waals surface area (Å²) in [6.07, 6.45) is 4.62. The van der Waals surface area contributed by atoms with Gasteiger partial charge in [-0.2, -0.15) is 0 Å². The van der Waals surface area contributed by atoms with Crippen LogP contribution in [0.4, 0.5) is 0 Å². The minimum Gasteiger partial charge on any atom is -0.299 e. The molecule has 1 saturated heterocycles. The molecule has 22 heavy (non-hydrogen) atoms. The van der Waals surface area contributed by atoms with E-state index in [2.05, 4.69) is 23.5 Å². The molecule has 1 aromatic rings. The van der Waals surface area contributed by atoms with Gasteiger partial charge in [-0.3, -0.25) is 4.90 Å². The average molecular weight is 345 g/mol. The van der Waals surface area contributed by atoms with Gasteiger partial charge in [0, 0.05) is 17.5 Å². The van der Waals surface area contributed by atoms with Gasteiger partial charge >= 0.3 is 0 Å². The van der Waals surface area contributed by atoms with Crippen LogP contribution in [0.1, 0.15) is 44.9 Å². The number of likely N-dealkylation sites (tertiary alicyclic amines) is 1. The van der Waals surface area contributed by atoms with Gasteiger partial charge in [0.25, 0.3) is 0 Å². The van der Waals surface area contributed by atoms with Gasteiger partial charge in [0.15, 0.2) is 0 Å². The fraction of sp³-hybridized carbons (Fsp3) is 0.750. The van der Waals surface area contributed by atoms with Crippen LogP contribution in [0, 0.1) is 5.92 Å². The van der Waals surface area contributed by atoms with Gasteiger partial charge in [0.1, 0.15) is 4.21 Å². The Morgan fingerprint density at radius 3 is 2.45 bits per heavy atom. The third kappa shape index (κ3) is 4.54. The first kappa shape index (κ1) is 17.9. The van der Waals surface area contributed by atoms with E-state index in [-0.39, 0.29) is 6.04 Å². The third-order valence-corrected chi connectivity index (χ3v) is 7.51. The summed E-state index contributed by atoms with van der Waals surface area (Å²) in [6, 6.07) is 3.90. The molecule has 6 heteroatoms. The quantitative estimate of drug-likeness (QED) is 0.827. The summed E-state index contributed by atoms with van der Waals surface area (Å²) in [6.45, 7) is 9.06. The van der Waals surface area contributed by atoms with Crippen LogP contribution in [0.3, 0.4) is 0 Å². The lowest BCUT2D eigenvalue weighted by Gasteiger charge is -2.37. The Bertz CT molecular complexity index is 560. The largest absolute Gasteiger partial charge is 0.299 e. The van der Waals surface area contributed by atoms with E-state index in [9.17, 15) is 8.42 Å². The van der Waals surface area contributed by atoms with Crippen LogP contribution >= 0.6 is 11.3 Å². The van der Waals surface area contributed by atoms with Gasteiger partial charge < -0.3 is 0 Å². The Morgan fingerprint density at radius 2 is 1.91 bits per heavy atom. The number of rotatable bonds is 7. The van der Waals surface area contributed by atoms with E-state index in [0.29, 0.717) is 16.7 Å². The summed E-state index contributed by atoms with van der Waals surface area (Å²) in [4.78, 5) is 3.56. The van der Waals surface area contributed by atoms with Crippen LogP contribution in [-0.4, -0.2) is 39.0 Å². The zero-order chi connectivity index (χ0) is 16.2.